The maximum atomic E-state index is 12.9. The van der Waals surface area contributed by atoms with Crippen LogP contribution in [0.5, 0.6) is 0 Å². The Kier molecular flexibility index (Phi) is 3.52. The molecule has 0 saturated heterocycles. The molecule has 1 amide bonds. The van der Waals surface area contributed by atoms with Gasteiger partial charge >= 0.3 is 6.18 Å². The lowest BCUT2D eigenvalue weighted by atomic mass is 10.2. The van der Waals surface area contributed by atoms with Crippen LogP contribution < -0.4 is 5.32 Å². The summed E-state index contributed by atoms with van der Waals surface area (Å²) in [6.07, 6.45) is -4.56. The van der Waals surface area contributed by atoms with Crippen LogP contribution >= 0.6 is 11.3 Å². The van der Waals surface area contributed by atoms with Crippen LogP contribution in [0.3, 0.4) is 0 Å². The molecule has 2 aromatic rings. The van der Waals surface area contributed by atoms with E-state index in [0.717, 1.165) is 17.5 Å². The summed E-state index contributed by atoms with van der Waals surface area (Å²) in [6.45, 7) is 0. The molecule has 19 heavy (non-hydrogen) atoms. The van der Waals surface area contributed by atoms with E-state index in [0.29, 0.717) is 11.3 Å². The van der Waals surface area contributed by atoms with Gasteiger partial charge in [0, 0.05) is 10.9 Å². The number of hydrogen-bond acceptors (Lipinski definition) is 3. The summed E-state index contributed by atoms with van der Waals surface area (Å²) in [4.78, 5) is 14.9. The maximum absolute atomic E-state index is 12.9. The van der Waals surface area contributed by atoms with Gasteiger partial charge in [0.25, 0.3) is 5.91 Å². The second-order valence-electron chi connectivity index (χ2n) is 3.50. The zero-order chi connectivity index (χ0) is 14.0. The van der Waals surface area contributed by atoms with Gasteiger partial charge in [-0.25, -0.2) is 9.37 Å². The van der Waals surface area contributed by atoms with E-state index >= 15 is 0 Å². The van der Waals surface area contributed by atoms with Gasteiger partial charge in [0.1, 0.15) is 5.82 Å². The van der Waals surface area contributed by atoms with Crippen molar-refractivity contribution in [3.05, 3.63) is 46.7 Å². The summed E-state index contributed by atoms with van der Waals surface area (Å²) in [5.41, 5.74) is -1.07. The van der Waals surface area contributed by atoms with Gasteiger partial charge in [-0.2, -0.15) is 13.2 Å². The number of anilines is 1. The molecule has 0 aliphatic rings. The number of benzene rings is 1. The van der Waals surface area contributed by atoms with Crippen molar-refractivity contribution in [2.75, 3.05) is 5.32 Å². The van der Waals surface area contributed by atoms with Crippen LogP contribution in [-0.4, -0.2) is 10.9 Å². The number of rotatable bonds is 2. The van der Waals surface area contributed by atoms with E-state index in [9.17, 15) is 22.4 Å². The van der Waals surface area contributed by atoms with Crippen molar-refractivity contribution in [3.8, 4) is 0 Å². The van der Waals surface area contributed by atoms with Crippen molar-refractivity contribution in [2.45, 2.75) is 6.18 Å². The minimum atomic E-state index is -4.56. The van der Waals surface area contributed by atoms with Crippen molar-refractivity contribution < 1.29 is 22.4 Å². The zero-order valence-electron chi connectivity index (χ0n) is 9.16. The topological polar surface area (TPSA) is 42.0 Å². The molecule has 0 aliphatic heterocycles. The average molecular weight is 290 g/mol. The zero-order valence-corrected chi connectivity index (χ0v) is 9.98. The quantitative estimate of drug-likeness (QED) is 0.859. The van der Waals surface area contributed by atoms with Gasteiger partial charge in [-0.3, -0.25) is 10.1 Å². The summed E-state index contributed by atoms with van der Waals surface area (Å²) in [6, 6.07) is 4.81. The van der Waals surface area contributed by atoms with Crippen molar-refractivity contribution in [1.82, 2.24) is 4.98 Å². The first kappa shape index (κ1) is 13.5. The fraction of sp³-hybridized carbons (Fsp3) is 0.0909. The lowest BCUT2D eigenvalue weighted by Gasteiger charge is -2.02. The highest BCUT2D eigenvalue weighted by Gasteiger charge is 2.33. The highest BCUT2D eigenvalue weighted by Crippen LogP contribution is 2.31. The molecule has 2 rings (SSSR count). The summed E-state index contributed by atoms with van der Waals surface area (Å²) in [7, 11) is 0. The molecule has 0 bridgehead atoms. The highest BCUT2D eigenvalue weighted by molar-refractivity contribution is 7.14. The van der Waals surface area contributed by atoms with Crippen molar-refractivity contribution >= 4 is 22.4 Å². The lowest BCUT2D eigenvalue weighted by Crippen LogP contribution is -2.12. The molecule has 1 aromatic carbocycles. The van der Waals surface area contributed by atoms with Gasteiger partial charge in [0.15, 0.2) is 10.8 Å². The third kappa shape index (κ3) is 3.28. The third-order valence-electron chi connectivity index (χ3n) is 2.10. The van der Waals surface area contributed by atoms with E-state index in [-0.39, 0.29) is 10.7 Å². The minimum Gasteiger partial charge on any atom is -0.298 e. The number of nitrogens with zero attached hydrogens (tertiary/aromatic N) is 1. The number of carbonyl (C=O) groups excluding carboxylic acids is 1. The van der Waals surface area contributed by atoms with Crippen LogP contribution in [0.15, 0.2) is 29.6 Å². The van der Waals surface area contributed by atoms with Crippen LogP contribution in [0.4, 0.5) is 22.7 Å². The molecule has 0 fully saturated rings. The van der Waals surface area contributed by atoms with E-state index in [1.165, 1.54) is 12.1 Å². The number of carbonyl (C=O) groups is 1. The number of thiazole rings is 1. The summed E-state index contributed by atoms with van der Waals surface area (Å²) >= 11 is 0.647. The van der Waals surface area contributed by atoms with Gasteiger partial charge in [-0.05, 0) is 18.2 Å². The Morgan fingerprint density at radius 2 is 2.05 bits per heavy atom. The molecule has 1 aromatic heterocycles. The molecule has 0 radical (unpaired) electrons. The molecule has 0 atom stereocenters. The Labute approximate surface area is 108 Å². The van der Waals surface area contributed by atoms with E-state index in [4.69, 9.17) is 0 Å². The summed E-state index contributed by atoms with van der Waals surface area (Å²) in [5.74, 6) is -1.33. The summed E-state index contributed by atoms with van der Waals surface area (Å²) < 4.78 is 49.8. The van der Waals surface area contributed by atoms with E-state index in [1.807, 2.05) is 0 Å². The van der Waals surface area contributed by atoms with Crippen molar-refractivity contribution in [3.63, 3.8) is 0 Å². The van der Waals surface area contributed by atoms with Crippen LogP contribution in [-0.2, 0) is 6.18 Å². The fourth-order valence-corrected chi connectivity index (χ4v) is 1.97. The molecule has 0 unspecified atom stereocenters. The largest absolute Gasteiger partial charge is 0.434 e. The molecule has 100 valence electrons. The number of amides is 1. The van der Waals surface area contributed by atoms with Gasteiger partial charge in [-0.15, -0.1) is 11.3 Å². The van der Waals surface area contributed by atoms with Gasteiger partial charge in [0.05, 0.1) is 0 Å². The second-order valence-corrected chi connectivity index (χ2v) is 4.36. The highest BCUT2D eigenvalue weighted by atomic mass is 32.1. The minimum absolute atomic E-state index is 0.00348. The fourth-order valence-electron chi connectivity index (χ4n) is 1.26. The molecular formula is C11H6F4N2OS. The lowest BCUT2D eigenvalue weighted by molar-refractivity contribution is -0.140. The molecule has 0 aliphatic carbocycles. The van der Waals surface area contributed by atoms with Crippen LogP contribution in [0.2, 0.25) is 0 Å². The van der Waals surface area contributed by atoms with Gasteiger partial charge in [-0.1, -0.05) is 6.07 Å². The first-order chi connectivity index (χ1) is 8.86. The third-order valence-corrected chi connectivity index (χ3v) is 2.86. The first-order valence-electron chi connectivity index (χ1n) is 4.96. The maximum Gasteiger partial charge on any atom is 0.434 e. The van der Waals surface area contributed by atoms with Crippen molar-refractivity contribution in [1.29, 1.82) is 0 Å². The van der Waals surface area contributed by atoms with Crippen LogP contribution in [0.1, 0.15) is 16.1 Å². The first-order valence-corrected chi connectivity index (χ1v) is 5.84. The Morgan fingerprint density at radius 3 is 2.63 bits per heavy atom. The Balaban J connectivity index is 2.13. The number of nitrogens with one attached hydrogen (secondary N) is 1. The molecule has 3 nitrogen and oxygen atoms in total. The van der Waals surface area contributed by atoms with Crippen LogP contribution in [0.25, 0.3) is 0 Å². The monoisotopic (exact) mass is 290 g/mol. The molecule has 8 heteroatoms. The Bertz CT molecular complexity index is 609. The van der Waals surface area contributed by atoms with Crippen molar-refractivity contribution in [2.24, 2.45) is 0 Å². The number of alkyl halides is 3. The van der Waals surface area contributed by atoms with Gasteiger partial charge < -0.3 is 0 Å². The van der Waals surface area contributed by atoms with Gasteiger partial charge in [0.2, 0.25) is 0 Å². The molecule has 0 spiro atoms. The van der Waals surface area contributed by atoms with E-state index in [2.05, 4.69) is 10.3 Å². The molecule has 1 N–H and O–H groups in total. The summed E-state index contributed by atoms with van der Waals surface area (Å²) in [5, 5.41) is 2.78. The SMILES string of the molecule is O=C(Nc1nc(C(F)(F)F)cs1)c1cccc(F)c1. The number of halogens is 4. The second kappa shape index (κ2) is 4.96. The average Bonchev–Trinajstić information content (AvgIpc) is 2.77. The molecule has 1 heterocycles. The molecular weight excluding hydrogens is 284 g/mol. The standard InChI is InChI=1S/C11H6F4N2OS/c12-7-3-1-2-6(4-7)9(18)17-10-16-8(5-19-10)11(13,14)15/h1-5H,(H,16,17,18). The number of aromatic nitrogens is 1. The Hall–Kier alpha value is -1.96. The number of hydrogen-bond donors (Lipinski definition) is 1. The normalized spacial score (nSPS) is 11.4. The smallest absolute Gasteiger partial charge is 0.298 e. The van der Waals surface area contributed by atoms with E-state index in [1.54, 1.807) is 0 Å². The predicted molar refractivity (Wildman–Crippen MR) is 61.5 cm³/mol. The predicted octanol–water partition coefficient (Wildman–Crippen LogP) is 3.55. The van der Waals surface area contributed by atoms with Crippen LogP contribution in [0, 0.1) is 5.82 Å². The van der Waals surface area contributed by atoms with E-state index < -0.39 is 23.6 Å². The Morgan fingerprint density at radius 1 is 1.32 bits per heavy atom. The molecule has 0 saturated carbocycles.